The molecule has 0 aliphatic carbocycles. The molecule has 6 heteroatoms. The molecule has 0 fully saturated rings. The molecule has 2 rings (SSSR count). The summed E-state index contributed by atoms with van der Waals surface area (Å²) in [4.78, 5) is 1.97. The van der Waals surface area contributed by atoms with Crippen LogP contribution in [0.5, 0.6) is 0 Å². The topological polar surface area (TPSA) is 61.8 Å². The molecule has 0 bridgehead atoms. The number of nitrogens with two attached hydrogens (primary N) is 1. The third-order valence-corrected chi connectivity index (χ3v) is 3.71. The molecule has 0 aliphatic rings. The van der Waals surface area contributed by atoms with E-state index in [4.69, 9.17) is 34.1 Å². The zero-order valence-corrected chi connectivity index (χ0v) is 12.9. The SMILES string of the molecule is CN(Cc1ccc(Cl)cc1Cl)c1ccccc1/C(N)=N/O. The summed E-state index contributed by atoms with van der Waals surface area (Å²) < 4.78 is 0. The number of halogens is 2. The second-order valence-electron chi connectivity index (χ2n) is 4.59. The van der Waals surface area contributed by atoms with Gasteiger partial charge >= 0.3 is 0 Å². The van der Waals surface area contributed by atoms with Crippen molar-refractivity contribution in [2.45, 2.75) is 6.54 Å². The largest absolute Gasteiger partial charge is 0.409 e. The van der Waals surface area contributed by atoms with Crippen molar-refractivity contribution >= 4 is 34.7 Å². The van der Waals surface area contributed by atoms with Crippen LogP contribution in [0.15, 0.2) is 47.6 Å². The normalized spacial score (nSPS) is 11.5. The summed E-state index contributed by atoms with van der Waals surface area (Å²) in [6.07, 6.45) is 0. The molecule has 4 nitrogen and oxygen atoms in total. The average molecular weight is 324 g/mol. The Labute approximate surface area is 133 Å². The van der Waals surface area contributed by atoms with E-state index in [1.54, 1.807) is 18.2 Å². The quantitative estimate of drug-likeness (QED) is 0.390. The Hall–Kier alpha value is -1.91. The van der Waals surface area contributed by atoms with Crippen LogP contribution in [-0.2, 0) is 6.54 Å². The molecule has 0 aliphatic heterocycles. The van der Waals surface area contributed by atoms with Gasteiger partial charge in [-0.2, -0.15) is 0 Å². The predicted molar refractivity (Wildman–Crippen MR) is 87.5 cm³/mol. The summed E-state index contributed by atoms with van der Waals surface area (Å²) in [5.41, 5.74) is 8.15. The van der Waals surface area contributed by atoms with Gasteiger partial charge in [0.25, 0.3) is 0 Å². The first-order valence-corrected chi connectivity index (χ1v) is 7.00. The maximum atomic E-state index is 8.87. The Morgan fingerprint density at radius 1 is 1.24 bits per heavy atom. The molecular formula is C15H15Cl2N3O. The van der Waals surface area contributed by atoms with Crippen molar-refractivity contribution in [3.63, 3.8) is 0 Å². The van der Waals surface area contributed by atoms with Crippen LogP contribution >= 0.6 is 23.2 Å². The van der Waals surface area contributed by atoms with Gasteiger partial charge in [-0.3, -0.25) is 0 Å². The minimum Gasteiger partial charge on any atom is -0.409 e. The first-order chi connectivity index (χ1) is 10.0. The summed E-state index contributed by atoms with van der Waals surface area (Å²) in [5, 5.41) is 13.1. The fraction of sp³-hybridized carbons (Fsp3) is 0.133. The molecule has 0 heterocycles. The van der Waals surface area contributed by atoms with E-state index in [1.165, 1.54) is 0 Å². The zero-order valence-electron chi connectivity index (χ0n) is 11.4. The number of oxime groups is 1. The lowest BCUT2D eigenvalue weighted by molar-refractivity contribution is 0.318. The first kappa shape index (κ1) is 15.5. The monoisotopic (exact) mass is 323 g/mol. The van der Waals surface area contributed by atoms with Gasteiger partial charge in [0, 0.05) is 34.9 Å². The molecule has 0 radical (unpaired) electrons. The van der Waals surface area contributed by atoms with E-state index in [1.807, 2.05) is 36.2 Å². The highest BCUT2D eigenvalue weighted by atomic mass is 35.5. The van der Waals surface area contributed by atoms with Crippen LogP contribution in [0.2, 0.25) is 10.0 Å². The number of hydrogen-bond acceptors (Lipinski definition) is 3. The standard InChI is InChI=1S/C15H15Cl2N3O/c1-20(9-10-6-7-11(16)8-13(10)17)14-5-3-2-4-12(14)15(18)19-21/h2-8,21H,9H2,1H3,(H2,18,19). The van der Waals surface area contributed by atoms with Crippen molar-refractivity contribution in [3.8, 4) is 0 Å². The number of benzene rings is 2. The summed E-state index contributed by atoms with van der Waals surface area (Å²) in [6.45, 7) is 0.575. The molecule has 21 heavy (non-hydrogen) atoms. The third-order valence-electron chi connectivity index (χ3n) is 3.12. The van der Waals surface area contributed by atoms with Crippen LogP contribution in [-0.4, -0.2) is 18.1 Å². The van der Waals surface area contributed by atoms with Crippen LogP contribution in [0, 0.1) is 0 Å². The Morgan fingerprint density at radius 2 is 1.95 bits per heavy atom. The number of amidine groups is 1. The number of hydrogen-bond donors (Lipinski definition) is 2. The van der Waals surface area contributed by atoms with Gasteiger partial charge in [0.15, 0.2) is 5.84 Å². The predicted octanol–water partition coefficient (Wildman–Crippen LogP) is 3.72. The molecule has 3 N–H and O–H groups in total. The van der Waals surface area contributed by atoms with E-state index in [0.717, 1.165) is 11.3 Å². The Kier molecular flexibility index (Phi) is 4.94. The first-order valence-electron chi connectivity index (χ1n) is 6.25. The Balaban J connectivity index is 2.30. The van der Waals surface area contributed by atoms with Crippen molar-refractivity contribution in [1.29, 1.82) is 0 Å². The Morgan fingerprint density at radius 3 is 2.62 bits per heavy atom. The van der Waals surface area contributed by atoms with Crippen LogP contribution in [0.4, 0.5) is 5.69 Å². The fourth-order valence-electron chi connectivity index (χ4n) is 2.07. The molecule has 0 spiro atoms. The van der Waals surface area contributed by atoms with Gasteiger partial charge in [-0.05, 0) is 29.8 Å². The van der Waals surface area contributed by atoms with E-state index in [2.05, 4.69) is 5.16 Å². The third kappa shape index (κ3) is 3.60. The maximum Gasteiger partial charge on any atom is 0.172 e. The maximum absolute atomic E-state index is 8.87. The van der Waals surface area contributed by atoms with Gasteiger partial charge < -0.3 is 15.8 Å². The number of nitrogens with zero attached hydrogens (tertiary/aromatic N) is 2. The van der Waals surface area contributed by atoms with Crippen LogP contribution in [0.25, 0.3) is 0 Å². The van der Waals surface area contributed by atoms with Gasteiger partial charge in [-0.15, -0.1) is 0 Å². The number of para-hydroxylation sites is 1. The molecular weight excluding hydrogens is 309 g/mol. The molecule has 2 aromatic rings. The zero-order chi connectivity index (χ0) is 15.4. The minimum absolute atomic E-state index is 0.0691. The molecule has 0 amide bonds. The van der Waals surface area contributed by atoms with E-state index >= 15 is 0 Å². The second-order valence-corrected chi connectivity index (χ2v) is 5.44. The van der Waals surface area contributed by atoms with Crippen molar-refractivity contribution in [1.82, 2.24) is 0 Å². The van der Waals surface area contributed by atoms with Gasteiger partial charge in [0.05, 0.1) is 0 Å². The van der Waals surface area contributed by atoms with Gasteiger partial charge in [0.1, 0.15) is 0 Å². The smallest absolute Gasteiger partial charge is 0.172 e. The highest BCUT2D eigenvalue weighted by molar-refractivity contribution is 6.35. The molecule has 0 saturated carbocycles. The van der Waals surface area contributed by atoms with E-state index in [9.17, 15) is 0 Å². The molecule has 0 aromatic heterocycles. The number of anilines is 1. The van der Waals surface area contributed by atoms with Crippen LogP contribution in [0.3, 0.4) is 0 Å². The lowest BCUT2D eigenvalue weighted by Crippen LogP contribution is -2.22. The molecule has 110 valence electrons. The van der Waals surface area contributed by atoms with Crippen molar-refractivity contribution in [3.05, 3.63) is 63.6 Å². The van der Waals surface area contributed by atoms with Crippen LogP contribution < -0.4 is 10.6 Å². The fourth-order valence-corrected chi connectivity index (χ4v) is 2.54. The van der Waals surface area contributed by atoms with Gasteiger partial charge in [0.2, 0.25) is 0 Å². The van der Waals surface area contributed by atoms with Gasteiger partial charge in [-0.1, -0.05) is 46.6 Å². The lowest BCUT2D eigenvalue weighted by Gasteiger charge is -2.22. The molecule has 0 unspecified atom stereocenters. The molecule has 0 saturated heterocycles. The van der Waals surface area contributed by atoms with Crippen molar-refractivity contribution < 1.29 is 5.21 Å². The second kappa shape index (κ2) is 6.70. The molecule has 2 aromatic carbocycles. The van der Waals surface area contributed by atoms with E-state index < -0.39 is 0 Å². The van der Waals surface area contributed by atoms with E-state index in [-0.39, 0.29) is 5.84 Å². The van der Waals surface area contributed by atoms with Crippen molar-refractivity contribution in [2.24, 2.45) is 10.9 Å². The lowest BCUT2D eigenvalue weighted by atomic mass is 10.1. The summed E-state index contributed by atoms with van der Waals surface area (Å²) in [6, 6.07) is 12.8. The Bertz CT molecular complexity index is 674. The van der Waals surface area contributed by atoms with Crippen molar-refractivity contribution in [2.75, 3.05) is 11.9 Å². The number of rotatable bonds is 4. The summed E-state index contributed by atoms with van der Waals surface area (Å²) in [5.74, 6) is 0.0691. The minimum atomic E-state index is 0.0691. The van der Waals surface area contributed by atoms with Gasteiger partial charge in [-0.25, -0.2) is 0 Å². The van der Waals surface area contributed by atoms with E-state index in [0.29, 0.717) is 22.2 Å². The van der Waals surface area contributed by atoms with Crippen LogP contribution in [0.1, 0.15) is 11.1 Å². The highest BCUT2D eigenvalue weighted by Crippen LogP contribution is 2.25. The molecule has 0 atom stereocenters. The average Bonchev–Trinajstić information content (AvgIpc) is 2.49. The summed E-state index contributed by atoms with van der Waals surface area (Å²) >= 11 is 12.1. The summed E-state index contributed by atoms with van der Waals surface area (Å²) in [7, 11) is 1.91. The highest BCUT2D eigenvalue weighted by Gasteiger charge is 2.12.